The molecule has 0 radical (unpaired) electrons. The van der Waals surface area contributed by atoms with E-state index < -0.39 is 11.6 Å². The highest BCUT2D eigenvalue weighted by Gasteiger charge is 2.43. The molecule has 0 spiro atoms. The number of likely N-dealkylation sites (N-methyl/N-ethyl adjacent to an activating group) is 1. The van der Waals surface area contributed by atoms with Crippen molar-refractivity contribution in [2.24, 2.45) is 0 Å². The lowest BCUT2D eigenvalue weighted by Gasteiger charge is -2.47. The SMILES string of the molecule is CC(c1ccccc1)C(N(C)c1ccc(C(=O)O)cc1)C1(O)CCNCC1.Cl. The third-order valence-corrected chi connectivity index (χ3v) is 5.76. The predicted molar refractivity (Wildman–Crippen MR) is 115 cm³/mol. The fourth-order valence-electron chi connectivity index (χ4n) is 4.26. The van der Waals surface area contributed by atoms with Crippen molar-refractivity contribution in [2.45, 2.75) is 37.3 Å². The topological polar surface area (TPSA) is 72.8 Å². The van der Waals surface area contributed by atoms with Crippen LogP contribution in [-0.2, 0) is 0 Å². The fraction of sp³-hybridized carbons (Fsp3) is 0.409. The molecule has 1 heterocycles. The number of carboxylic acids is 1. The molecule has 1 aliphatic heterocycles. The number of anilines is 1. The number of piperidine rings is 1. The van der Waals surface area contributed by atoms with Gasteiger partial charge < -0.3 is 20.4 Å². The van der Waals surface area contributed by atoms with E-state index in [1.54, 1.807) is 12.1 Å². The number of carbonyl (C=O) groups is 1. The van der Waals surface area contributed by atoms with Gasteiger partial charge in [-0.3, -0.25) is 0 Å². The number of benzene rings is 2. The number of hydrogen-bond acceptors (Lipinski definition) is 4. The van der Waals surface area contributed by atoms with E-state index in [2.05, 4.69) is 29.3 Å². The van der Waals surface area contributed by atoms with E-state index in [1.807, 2.05) is 37.4 Å². The number of carboxylic acid groups (broad SMARTS) is 1. The lowest BCUT2D eigenvalue weighted by Crippen LogP contribution is -2.58. The molecule has 1 fully saturated rings. The van der Waals surface area contributed by atoms with E-state index in [4.69, 9.17) is 5.11 Å². The summed E-state index contributed by atoms with van der Waals surface area (Å²) >= 11 is 0. The molecule has 2 unspecified atom stereocenters. The van der Waals surface area contributed by atoms with E-state index in [-0.39, 0.29) is 29.9 Å². The summed E-state index contributed by atoms with van der Waals surface area (Å²) < 4.78 is 0. The van der Waals surface area contributed by atoms with Crippen LogP contribution in [0.5, 0.6) is 0 Å². The van der Waals surface area contributed by atoms with Gasteiger partial charge in [0.2, 0.25) is 0 Å². The molecule has 1 saturated heterocycles. The van der Waals surface area contributed by atoms with Crippen LogP contribution in [-0.4, -0.2) is 48.0 Å². The summed E-state index contributed by atoms with van der Waals surface area (Å²) in [5.74, 6) is -0.825. The zero-order chi connectivity index (χ0) is 19.4. The molecule has 0 saturated carbocycles. The Kier molecular flexibility index (Phi) is 7.47. The molecule has 0 amide bonds. The molecule has 3 rings (SSSR count). The van der Waals surface area contributed by atoms with Crippen LogP contribution in [0.25, 0.3) is 0 Å². The maximum Gasteiger partial charge on any atom is 0.335 e. The normalized spacial score (nSPS) is 17.8. The van der Waals surface area contributed by atoms with E-state index in [9.17, 15) is 9.90 Å². The number of halogens is 1. The van der Waals surface area contributed by atoms with Crippen molar-refractivity contribution in [3.63, 3.8) is 0 Å². The van der Waals surface area contributed by atoms with Crippen molar-refractivity contribution >= 4 is 24.1 Å². The predicted octanol–water partition coefficient (Wildman–Crippen LogP) is 3.53. The Morgan fingerprint density at radius 3 is 2.18 bits per heavy atom. The van der Waals surface area contributed by atoms with Gasteiger partial charge in [0, 0.05) is 18.7 Å². The van der Waals surface area contributed by atoms with Crippen molar-refractivity contribution in [3.8, 4) is 0 Å². The van der Waals surface area contributed by atoms with Crippen LogP contribution in [0, 0.1) is 0 Å². The highest BCUT2D eigenvalue weighted by molar-refractivity contribution is 5.88. The van der Waals surface area contributed by atoms with Gasteiger partial charge in [0.15, 0.2) is 0 Å². The van der Waals surface area contributed by atoms with Gasteiger partial charge in [-0.2, -0.15) is 0 Å². The Morgan fingerprint density at radius 1 is 1.07 bits per heavy atom. The first-order valence-electron chi connectivity index (χ1n) is 9.46. The first kappa shape index (κ1) is 22.2. The first-order valence-corrected chi connectivity index (χ1v) is 9.46. The van der Waals surface area contributed by atoms with Crippen LogP contribution in [0.4, 0.5) is 5.69 Å². The van der Waals surface area contributed by atoms with Crippen molar-refractivity contribution in [3.05, 3.63) is 65.7 Å². The van der Waals surface area contributed by atoms with Crippen LogP contribution >= 0.6 is 12.4 Å². The lowest BCUT2D eigenvalue weighted by atomic mass is 9.75. The van der Waals surface area contributed by atoms with E-state index in [0.717, 1.165) is 18.8 Å². The Labute approximate surface area is 172 Å². The molecule has 6 heteroatoms. The van der Waals surface area contributed by atoms with Gasteiger partial charge in [-0.15, -0.1) is 12.4 Å². The molecule has 2 aromatic carbocycles. The summed E-state index contributed by atoms with van der Waals surface area (Å²) in [5.41, 5.74) is 1.53. The zero-order valence-corrected chi connectivity index (χ0v) is 17.2. The minimum atomic E-state index is -0.935. The third-order valence-electron chi connectivity index (χ3n) is 5.76. The Bertz CT molecular complexity index is 761. The summed E-state index contributed by atoms with van der Waals surface area (Å²) in [7, 11) is 1.99. The number of hydrogen-bond donors (Lipinski definition) is 3. The monoisotopic (exact) mass is 404 g/mol. The highest BCUT2D eigenvalue weighted by Crippen LogP contribution is 2.37. The molecule has 5 nitrogen and oxygen atoms in total. The maximum absolute atomic E-state index is 11.6. The molecule has 0 bridgehead atoms. The van der Waals surface area contributed by atoms with Crippen LogP contribution < -0.4 is 10.2 Å². The largest absolute Gasteiger partial charge is 0.478 e. The van der Waals surface area contributed by atoms with Gasteiger partial charge in [0.05, 0.1) is 17.2 Å². The van der Waals surface area contributed by atoms with E-state index >= 15 is 0 Å². The second-order valence-electron chi connectivity index (χ2n) is 7.46. The van der Waals surface area contributed by atoms with Gasteiger partial charge in [0.1, 0.15) is 0 Å². The lowest BCUT2D eigenvalue weighted by molar-refractivity contribution is -0.0207. The molecule has 0 aliphatic carbocycles. The summed E-state index contributed by atoms with van der Waals surface area (Å²) in [6.07, 6.45) is 1.37. The number of rotatable bonds is 6. The quantitative estimate of drug-likeness (QED) is 0.686. The average Bonchev–Trinajstić information content (AvgIpc) is 2.69. The van der Waals surface area contributed by atoms with Gasteiger partial charge in [-0.05, 0) is 55.8 Å². The Hall–Kier alpha value is -2.08. The van der Waals surface area contributed by atoms with Crippen LogP contribution in [0.3, 0.4) is 0 Å². The fourth-order valence-corrected chi connectivity index (χ4v) is 4.26. The highest BCUT2D eigenvalue weighted by atomic mass is 35.5. The van der Waals surface area contributed by atoms with Gasteiger partial charge in [-0.25, -0.2) is 4.79 Å². The first-order chi connectivity index (χ1) is 12.9. The summed E-state index contributed by atoms with van der Waals surface area (Å²) in [5, 5.41) is 24.0. The summed E-state index contributed by atoms with van der Waals surface area (Å²) in [6, 6.07) is 17.0. The third kappa shape index (κ3) is 4.66. The van der Waals surface area contributed by atoms with Crippen LogP contribution in [0.15, 0.2) is 54.6 Å². The summed E-state index contributed by atoms with van der Waals surface area (Å²) in [4.78, 5) is 13.3. The zero-order valence-electron chi connectivity index (χ0n) is 16.3. The standard InChI is InChI=1S/C22H28N2O3.ClH/c1-16(17-6-4-3-5-7-17)20(22(27)12-14-23-15-13-22)24(2)19-10-8-18(9-11-19)21(25)26;/h3-11,16,20,23,27H,12-15H2,1-2H3,(H,25,26);1H. The van der Waals surface area contributed by atoms with E-state index in [1.165, 1.54) is 5.56 Å². The van der Waals surface area contributed by atoms with Gasteiger partial charge in [0.25, 0.3) is 0 Å². The van der Waals surface area contributed by atoms with Gasteiger partial charge >= 0.3 is 5.97 Å². The van der Waals surface area contributed by atoms with Crippen molar-refractivity contribution in [1.82, 2.24) is 5.32 Å². The minimum Gasteiger partial charge on any atom is -0.478 e. The molecular formula is C22H29ClN2O3. The molecule has 1 aliphatic rings. The molecule has 152 valence electrons. The second kappa shape index (κ2) is 9.41. The molecule has 2 aromatic rings. The number of aliphatic hydroxyl groups is 1. The number of nitrogens with one attached hydrogen (secondary N) is 1. The van der Waals surface area contributed by atoms with E-state index in [0.29, 0.717) is 12.8 Å². The molecule has 3 N–H and O–H groups in total. The van der Waals surface area contributed by atoms with Crippen molar-refractivity contribution < 1.29 is 15.0 Å². The maximum atomic E-state index is 11.6. The smallest absolute Gasteiger partial charge is 0.335 e. The van der Waals surface area contributed by atoms with Gasteiger partial charge in [-0.1, -0.05) is 37.3 Å². The van der Waals surface area contributed by atoms with Crippen molar-refractivity contribution in [1.29, 1.82) is 0 Å². The molecule has 2 atom stereocenters. The number of nitrogens with zero attached hydrogens (tertiary/aromatic N) is 1. The average molecular weight is 405 g/mol. The van der Waals surface area contributed by atoms with Crippen molar-refractivity contribution in [2.75, 3.05) is 25.0 Å². The molecule has 0 aromatic heterocycles. The molecular weight excluding hydrogens is 376 g/mol. The molecule has 28 heavy (non-hydrogen) atoms. The minimum absolute atomic E-state index is 0. The van der Waals surface area contributed by atoms with Crippen LogP contribution in [0.2, 0.25) is 0 Å². The second-order valence-corrected chi connectivity index (χ2v) is 7.46. The van der Waals surface area contributed by atoms with Crippen LogP contribution in [0.1, 0.15) is 41.6 Å². The summed E-state index contributed by atoms with van der Waals surface area (Å²) in [6.45, 7) is 3.74. The Morgan fingerprint density at radius 2 is 1.64 bits per heavy atom. The number of aromatic carboxylic acids is 1. The Balaban J connectivity index is 0.00000280.